The molecule has 178 valence electrons. The summed E-state index contributed by atoms with van der Waals surface area (Å²) < 4.78 is 5.58. The number of hydrogen-bond donors (Lipinski definition) is 2. The van der Waals surface area contributed by atoms with Crippen LogP contribution in [0.2, 0.25) is 0 Å². The molecule has 0 aromatic heterocycles. The fraction of sp³-hybridized carbons (Fsp3) is 0.444. The number of amides is 2. The van der Waals surface area contributed by atoms with Crippen molar-refractivity contribution in [3.8, 4) is 11.1 Å². The van der Waals surface area contributed by atoms with Crippen LogP contribution in [-0.2, 0) is 14.3 Å². The molecule has 0 aliphatic heterocycles. The van der Waals surface area contributed by atoms with E-state index >= 15 is 0 Å². The lowest BCUT2D eigenvalue weighted by atomic mass is 9.98. The van der Waals surface area contributed by atoms with Crippen LogP contribution in [0.1, 0.15) is 42.7 Å². The molecular formula is C27H30N2O5. The Bertz CT molecular complexity index is 1050. The van der Waals surface area contributed by atoms with Crippen LogP contribution in [0.15, 0.2) is 48.5 Å². The molecule has 0 saturated heterocycles. The maximum atomic E-state index is 12.9. The quantitative estimate of drug-likeness (QED) is 0.559. The van der Waals surface area contributed by atoms with E-state index in [0.717, 1.165) is 19.3 Å². The third-order valence-electron chi connectivity index (χ3n) is 7.17. The highest BCUT2D eigenvalue weighted by atomic mass is 16.5. The maximum absolute atomic E-state index is 12.9. The molecule has 0 heterocycles. The third kappa shape index (κ3) is 4.93. The number of carboxylic acid groups (broad SMARTS) is 1. The summed E-state index contributed by atoms with van der Waals surface area (Å²) in [5.41, 5.74) is 4.71. The molecule has 2 saturated carbocycles. The summed E-state index contributed by atoms with van der Waals surface area (Å²) in [7, 11) is 0. The minimum Gasteiger partial charge on any atom is -0.481 e. The van der Waals surface area contributed by atoms with Gasteiger partial charge in [-0.25, -0.2) is 4.79 Å². The maximum Gasteiger partial charge on any atom is 0.407 e. The Hall–Kier alpha value is -3.35. The fourth-order valence-corrected chi connectivity index (χ4v) is 5.01. The number of carbonyl (C=O) groups is 3. The monoisotopic (exact) mass is 462 g/mol. The van der Waals surface area contributed by atoms with Crippen molar-refractivity contribution in [2.75, 3.05) is 26.2 Å². The number of nitrogens with one attached hydrogen (secondary N) is 1. The zero-order valence-corrected chi connectivity index (χ0v) is 19.1. The Labute approximate surface area is 199 Å². The second kappa shape index (κ2) is 9.49. The summed E-state index contributed by atoms with van der Waals surface area (Å²) >= 11 is 0. The van der Waals surface area contributed by atoms with Crippen molar-refractivity contribution in [3.63, 3.8) is 0 Å². The van der Waals surface area contributed by atoms with Crippen LogP contribution in [0.5, 0.6) is 0 Å². The van der Waals surface area contributed by atoms with Gasteiger partial charge in [-0.2, -0.15) is 0 Å². The largest absolute Gasteiger partial charge is 0.481 e. The second-order valence-corrected chi connectivity index (χ2v) is 9.68. The summed E-state index contributed by atoms with van der Waals surface area (Å²) in [6.45, 7) is 1.56. The smallest absolute Gasteiger partial charge is 0.407 e. The van der Waals surface area contributed by atoms with Crippen molar-refractivity contribution in [2.24, 2.45) is 17.8 Å². The van der Waals surface area contributed by atoms with Gasteiger partial charge in [0, 0.05) is 31.5 Å². The van der Waals surface area contributed by atoms with Crippen molar-refractivity contribution in [1.82, 2.24) is 10.2 Å². The molecule has 34 heavy (non-hydrogen) atoms. The van der Waals surface area contributed by atoms with Gasteiger partial charge in [0.05, 0.1) is 6.42 Å². The van der Waals surface area contributed by atoms with Crippen molar-refractivity contribution in [3.05, 3.63) is 59.7 Å². The highest BCUT2D eigenvalue weighted by molar-refractivity contribution is 5.82. The summed E-state index contributed by atoms with van der Waals surface area (Å²) in [4.78, 5) is 37.9. The number of aliphatic carboxylic acids is 1. The predicted octanol–water partition coefficient (Wildman–Crippen LogP) is 3.87. The third-order valence-corrected chi connectivity index (χ3v) is 7.17. The minimum atomic E-state index is -0.891. The van der Waals surface area contributed by atoms with E-state index in [0.29, 0.717) is 19.0 Å². The van der Waals surface area contributed by atoms with E-state index in [-0.39, 0.29) is 43.2 Å². The topological polar surface area (TPSA) is 95.9 Å². The highest BCUT2D eigenvalue weighted by Crippen LogP contribution is 2.44. The van der Waals surface area contributed by atoms with Crippen molar-refractivity contribution in [2.45, 2.75) is 31.6 Å². The molecule has 2 aromatic rings. The Kier molecular flexibility index (Phi) is 6.26. The summed E-state index contributed by atoms with van der Waals surface area (Å²) in [6, 6.07) is 16.4. The van der Waals surface area contributed by atoms with Crippen LogP contribution in [0.4, 0.5) is 4.79 Å². The molecule has 3 aliphatic carbocycles. The first kappa shape index (κ1) is 22.4. The second-order valence-electron chi connectivity index (χ2n) is 9.68. The SMILES string of the molecule is O=C(O)CCN(CC1CC1)C(=O)[C@@H]1C[C@@H]1CNC(=O)OCC1c2ccccc2-c2ccccc21. The Morgan fingerprint density at radius 2 is 1.65 bits per heavy atom. The number of alkyl carbamates (subject to hydrolysis) is 1. The number of benzene rings is 2. The number of fused-ring (bicyclic) bond motifs is 3. The predicted molar refractivity (Wildman–Crippen MR) is 126 cm³/mol. The lowest BCUT2D eigenvalue weighted by Crippen LogP contribution is -2.37. The van der Waals surface area contributed by atoms with Crippen molar-refractivity contribution in [1.29, 1.82) is 0 Å². The molecule has 2 N–H and O–H groups in total. The van der Waals surface area contributed by atoms with Crippen LogP contribution < -0.4 is 5.32 Å². The first-order valence-corrected chi connectivity index (χ1v) is 12.1. The van der Waals surface area contributed by atoms with Gasteiger partial charge < -0.3 is 20.1 Å². The van der Waals surface area contributed by atoms with E-state index in [9.17, 15) is 14.4 Å². The van der Waals surface area contributed by atoms with Crippen LogP contribution in [0.3, 0.4) is 0 Å². The van der Waals surface area contributed by atoms with Gasteiger partial charge in [0.25, 0.3) is 0 Å². The van der Waals surface area contributed by atoms with Gasteiger partial charge in [0.2, 0.25) is 5.91 Å². The van der Waals surface area contributed by atoms with Gasteiger partial charge in [-0.05, 0) is 53.4 Å². The molecule has 3 aliphatic rings. The standard InChI is InChI=1S/C27H30N2O5/c30-25(31)11-12-29(15-17-9-10-17)26(32)23-13-18(23)14-28-27(33)34-16-24-21-7-3-1-5-19(21)20-6-2-4-8-22(20)24/h1-8,17-18,23-24H,9-16H2,(H,28,33)(H,30,31)/t18-,23-/m1/s1. The lowest BCUT2D eigenvalue weighted by Gasteiger charge is -2.22. The lowest BCUT2D eigenvalue weighted by molar-refractivity contribution is -0.139. The Morgan fingerprint density at radius 3 is 2.26 bits per heavy atom. The molecule has 7 nitrogen and oxygen atoms in total. The minimum absolute atomic E-state index is 0.0126. The summed E-state index contributed by atoms with van der Waals surface area (Å²) in [5.74, 6) is -0.404. The number of ether oxygens (including phenoxy) is 1. The van der Waals surface area contributed by atoms with Gasteiger partial charge in [-0.1, -0.05) is 48.5 Å². The molecular weight excluding hydrogens is 432 g/mol. The van der Waals surface area contributed by atoms with Crippen LogP contribution in [0.25, 0.3) is 11.1 Å². The van der Waals surface area contributed by atoms with E-state index in [1.807, 2.05) is 24.3 Å². The number of carboxylic acids is 1. The van der Waals surface area contributed by atoms with E-state index in [4.69, 9.17) is 9.84 Å². The fourth-order valence-electron chi connectivity index (χ4n) is 5.01. The van der Waals surface area contributed by atoms with Crippen molar-refractivity contribution >= 4 is 18.0 Å². The number of nitrogens with zero attached hydrogens (tertiary/aromatic N) is 1. The van der Waals surface area contributed by atoms with Gasteiger partial charge in [0.15, 0.2) is 0 Å². The molecule has 0 bridgehead atoms. The van der Waals surface area contributed by atoms with Crippen LogP contribution >= 0.6 is 0 Å². The zero-order valence-electron chi connectivity index (χ0n) is 19.1. The molecule has 2 atom stereocenters. The number of rotatable bonds is 10. The number of carbonyl (C=O) groups excluding carboxylic acids is 2. The molecule has 0 radical (unpaired) electrons. The van der Waals surface area contributed by atoms with E-state index in [1.54, 1.807) is 4.90 Å². The van der Waals surface area contributed by atoms with Gasteiger partial charge in [-0.3, -0.25) is 9.59 Å². The highest BCUT2D eigenvalue weighted by Gasteiger charge is 2.45. The van der Waals surface area contributed by atoms with E-state index in [1.165, 1.54) is 22.3 Å². The van der Waals surface area contributed by atoms with Gasteiger partial charge >= 0.3 is 12.1 Å². The average molecular weight is 463 g/mol. The first-order chi connectivity index (χ1) is 16.5. The van der Waals surface area contributed by atoms with E-state index in [2.05, 4.69) is 29.6 Å². The summed E-state index contributed by atoms with van der Waals surface area (Å²) in [6.07, 6.45) is 2.42. The Balaban J connectivity index is 1.10. The van der Waals surface area contributed by atoms with Gasteiger partial charge in [0.1, 0.15) is 6.61 Å². The van der Waals surface area contributed by atoms with Crippen molar-refractivity contribution < 1.29 is 24.2 Å². The molecule has 2 aromatic carbocycles. The Morgan fingerprint density at radius 1 is 1.00 bits per heavy atom. The normalized spacial score (nSPS) is 20.2. The molecule has 0 spiro atoms. The molecule has 2 fully saturated rings. The molecule has 0 unspecified atom stereocenters. The number of hydrogen-bond acceptors (Lipinski definition) is 4. The van der Waals surface area contributed by atoms with E-state index < -0.39 is 12.1 Å². The molecule has 5 rings (SSSR count). The van der Waals surface area contributed by atoms with Crippen LogP contribution in [0, 0.1) is 17.8 Å². The zero-order chi connectivity index (χ0) is 23.7. The molecule has 2 amide bonds. The average Bonchev–Trinajstić information content (AvgIpc) is 3.77. The summed E-state index contributed by atoms with van der Waals surface area (Å²) in [5, 5.41) is 11.8. The first-order valence-electron chi connectivity index (χ1n) is 12.1. The van der Waals surface area contributed by atoms with Gasteiger partial charge in [-0.15, -0.1) is 0 Å². The molecule has 7 heteroatoms. The van der Waals surface area contributed by atoms with Crippen LogP contribution in [-0.4, -0.2) is 54.2 Å².